The Bertz CT molecular complexity index is 874. The largest absolute Gasteiger partial charge is 0.394 e. The molecule has 1 aliphatic carbocycles. The summed E-state index contributed by atoms with van der Waals surface area (Å²) in [5, 5.41) is 13.8. The average molecular weight is 434 g/mol. The number of hydrogen-bond donors (Lipinski definition) is 2. The first kappa shape index (κ1) is 19.0. The average Bonchev–Trinajstić information content (AvgIpc) is 2.92. The van der Waals surface area contributed by atoms with Crippen LogP contribution in [0.4, 0.5) is 0 Å². The number of carbonyl (C=O) groups is 1. The topological polar surface area (TPSA) is 57.5 Å². The summed E-state index contributed by atoms with van der Waals surface area (Å²) in [5.74, 6) is 0.397. The fraction of sp³-hybridized carbons (Fsp3) is 0.571. The molecule has 2 aliphatic rings. The number of fused-ring (bicyclic) bond motifs is 2. The van der Waals surface area contributed by atoms with Gasteiger partial charge < -0.3 is 19.9 Å². The molecular weight excluding hydrogens is 406 g/mol. The summed E-state index contributed by atoms with van der Waals surface area (Å²) in [5.41, 5.74) is 4.03. The Labute approximate surface area is 168 Å². The summed E-state index contributed by atoms with van der Waals surface area (Å²) in [7, 11) is 4.25. The molecule has 1 saturated heterocycles. The molecule has 0 saturated carbocycles. The number of aliphatic hydroxyl groups is 1. The van der Waals surface area contributed by atoms with Crippen LogP contribution in [0.1, 0.15) is 36.8 Å². The number of likely N-dealkylation sites (N-methyl/N-ethyl adjacent to an activating group) is 1. The van der Waals surface area contributed by atoms with Crippen LogP contribution in [0.15, 0.2) is 22.8 Å². The Morgan fingerprint density at radius 2 is 2.19 bits per heavy atom. The van der Waals surface area contributed by atoms with Crippen LogP contribution in [0.25, 0.3) is 10.9 Å². The molecule has 2 heterocycles. The maximum Gasteiger partial charge on any atom is 0.224 e. The Kier molecular flexibility index (Phi) is 5.08. The molecule has 1 fully saturated rings. The van der Waals surface area contributed by atoms with Crippen molar-refractivity contribution in [1.82, 2.24) is 14.8 Å². The van der Waals surface area contributed by atoms with Crippen LogP contribution in [-0.2, 0) is 18.3 Å². The van der Waals surface area contributed by atoms with Crippen molar-refractivity contribution >= 4 is 32.7 Å². The van der Waals surface area contributed by atoms with E-state index in [0.29, 0.717) is 12.0 Å². The van der Waals surface area contributed by atoms with Gasteiger partial charge in [-0.3, -0.25) is 4.79 Å². The van der Waals surface area contributed by atoms with Gasteiger partial charge in [0, 0.05) is 36.5 Å². The van der Waals surface area contributed by atoms with Crippen molar-refractivity contribution in [2.75, 3.05) is 20.2 Å². The molecule has 4 atom stereocenters. The van der Waals surface area contributed by atoms with Gasteiger partial charge in [-0.05, 0) is 59.4 Å². The minimum atomic E-state index is -0.146. The zero-order chi connectivity index (χ0) is 19.3. The predicted molar refractivity (Wildman–Crippen MR) is 111 cm³/mol. The zero-order valence-electron chi connectivity index (χ0n) is 16.2. The van der Waals surface area contributed by atoms with E-state index in [-0.39, 0.29) is 24.5 Å². The first-order valence-electron chi connectivity index (χ1n) is 9.83. The summed E-state index contributed by atoms with van der Waals surface area (Å²) in [6, 6.07) is 6.83. The lowest BCUT2D eigenvalue weighted by Crippen LogP contribution is -2.52. The number of halogens is 1. The van der Waals surface area contributed by atoms with E-state index >= 15 is 0 Å². The van der Waals surface area contributed by atoms with Crippen LogP contribution in [0.2, 0.25) is 0 Å². The van der Waals surface area contributed by atoms with Crippen LogP contribution in [0.3, 0.4) is 0 Å². The maximum atomic E-state index is 12.8. The quantitative estimate of drug-likeness (QED) is 0.778. The normalized spacial score (nSPS) is 26.0. The number of amides is 1. The van der Waals surface area contributed by atoms with E-state index in [2.05, 4.69) is 63.0 Å². The van der Waals surface area contributed by atoms with E-state index in [1.807, 2.05) is 6.92 Å². The van der Waals surface area contributed by atoms with Crippen molar-refractivity contribution in [2.45, 2.75) is 44.2 Å². The highest BCUT2D eigenvalue weighted by Gasteiger charge is 2.42. The number of hydrogen-bond acceptors (Lipinski definition) is 3. The molecule has 5 nitrogen and oxygen atoms in total. The number of nitrogens with zero attached hydrogens (tertiary/aromatic N) is 2. The summed E-state index contributed by atoms with van der Waals surface area (Å²) in [6.07, 6.45) is 2.63. The molecule has 27 heavy (non-hydrogen) atoms. The number of benzene rings is 1. The molecule has 1 aliphatic heterocycles. The minimum Gasteiger partial charge on any atom is -0.394 e. The van der Waals surface area contributed by atoms with Gasteiger partial charge in [0.25, 0.3) is 0 Å². The monoisotopic (exact) mass is 433 g/mol. The molecule has 1 aromatic heterocycles. The van der Waals surface area contributed by atoms with Crippen molar-refractivity contribution < 1.29 is 9.90 Å². The lowest BCUT2D eigenvalue weighted by atomic mass is 9.72. The molecule has 2 N–H and O–H groups in total. The summed E-state index contributed by atoms with van der Waals surface area (Å²) < 4.78 is 3.40. The number of aryl methyl sites for hydroxylation is 1. The molecule has 2 aromatic rings. The third kappa shape index (κ3) is 3.02. The fourth-order valence-electron chi connectivity index (χ4n) is 5.03. The Morgan fingerprint density at radius 1 is 1.41 bits per heavy atom. The van der Waals surface area contributed by atoms with Crippen LogP contribution < -0.4 is 5.32 Å². The zero-order valence-corrected chi connectivity index (χ0v) is 17.8. The number of rotatable bonds is 4. The number of likely N-dealkylation sites (tertiary alicyclic amines) is 1. The maximum absolute atomic E-state index is 12.8. The lowest BCUT2D eigenvalue weighted by molar-refractivity contribution is -0.128. The van der Waals surface area contributed by atoms with Crippen LogP contribution in [0, 0.1) is 5.92 Å². The Hall–Kier alpha value is -1.37. The van der Waals surface area contributed by atoms with Gasteiger partial charge in [-0.25, -0.2) is 0 Å². The van der Waals surface area contributed by atoms with E-state index in [9.17, 15) is 9.90 Å². The van der Waals surface area contributed by atoms with Crippen LogP contribution in [-0.4, -0.2) is 52.8 Å². The molecule has 4 rings (SSSR count). The molecule has 1 aromatic carbocycles. The van der Waals surface area contributed by atoms with Crippen molar-refractivity contribution in [3.05, 3.63) is 33.9 Å². The lowest BCUT2D eigenvalue weighted by Gasteiger charge is -2.45. The summed E-state index contributed by atoms with van der Waals surface area (Å²) in [4.78, 5) is 15.2. The second kappa shape index (κ2) is 7.22. The van der Waals surface area contributed by atoms with Crippen molar-refractivity contribution in [1.29, 1.82) is 0 Å². The van der Waals surface area contributed by atoms with Crippen molar-refractivity contribution in [2.24, 2.45) is 13.0 Å². The van der Waals surface area contributed by atoms with Gasteiger partial charge in [0.2, 0.25) is 5.91 Å². The fourth-order valence-corrected chi connectivity index (χ4v) is 5.58. The van der Waals surface area contributed by atoms with Gasteiger partial charge in [-0.15, -0.1) is 0 Å². The van der Waals surface area contributed by atoms with Gasteiger partial charge in [-0.1, -0.05) is 19.1 Å². The van der Waals surface area contributed by atoms with Crippen LogP contribution in [0.5, 0.6) is 0 Å². The number of aromatic nitrogens is 1. The van der Waals surface area contributed by atoms with E-state index in [0.717, 1.165) is 25.8 Å². The van der Waals surface area contributed by atoms with Gasteiger partial charge >= 0.3 is 0 Å². The smallest absolute Gasteiger partial charge is 0.224 e. The summed E-state index contributed by atoms with van der Waals surface area (Å²) in [6.45, 7) is 2.75. The molecule has 1 unspecified atom stereocenters. The van der Waals surface area contributed by atoms with Crippen LogP contribution >= 0.6 is 15.9 Å². The SMILES string of the molecule is CCC(CO)NC(=O)[C@@H]1C[C@@H]2c3cccc4c3c(c(Br)n4C)C[C@H]2N(C)C1. The first-order valence-corrected chi connectivity index (χ1v) is 10.6. The molecule has 6 heteroatoms. The first-order chi connectivity index (χ1) is 13.0. The highest BCUT2D eigenvalue weighted by molar-refractivity contribution is 9.10. The van der Waals surface area contributed by atoms with Gasteiger partial charge in [0.15, 0.2) is 0 Å². The number of piperidine rings is 1. The van der Waals surface area contributed by atoms with E-state index in [4.69, 9.17) is 0 Å². The van der Waals surface area contributed by atoms with E-state index < -0.39 is 0 Å². The standard InChI is InChI=1S/C21H28BrN3O2/c1-4-13(11-26)23-21(27)12-8-15-14-6-5-7-17-19(14)16(20(22)25(17)3)9-18(15)24(2)10-12/h5-7,12-13,15,18,26H,4,8-11H2,1-3H3,(H,23,27)/t12-,13?,15-,18-/m1/s1. The van der Waals surface area contributed by atoms with E-state index in [1.54, 1.807) is 0 Å². The van der Waals surface area contributed by atoms with Crippen molar-refractivity contribution in [3.63, 3.8) is 0 Å². The summed E-state index contributed by atoms with van der Waals surface area (Å²) >= 11 is 3.79. The van der Waals surface area contributed by atoms with Gasteiger partial charge in [0.05, 0.1) is 23.2 Å². The van der Waals surface area contributed by atoms with E-state index in [1.165, 1.54) is 26.6 Å². The highest BCUT2D eigenvalue weighted by atomic mass is 79.9. The molecular formula is C21H28BrN3O2. The highest BCUT2D eigenvalue weighted by Crippen LogP contribution is 2.47. The Balaban J connectivity index is 1.68. The Morgan fingerprint density at radius 3 is 2.89 bits per heavy atom. The van der Waals surface area contributed by atoms with Gasteiger partial charge in [-0.2, -0.15) is 0 Å². The molecule has 0 bridgehead atoms. The predicted octanol–water partition coefficient (Wildman–Crippen LogP) is 2.79. The molecule has 0 spiro atoms. The molecule has 0 radical (unpaired) electrons. The minimum absolute atomic E-state index is 0.00242. The second-order valence-electron chi connectivity index (χ2n) is 8.12. The molecule has 1 amide bonds. The van der Waals surface area contributed by atoms with Gasteiger partial charge in [0.1, 0.15) is 0 Å². The molecule has 146 valence electrons. The number of nitrogens with one attached hydrogen (secondary N) is 1. The number of aliphatic hydroxyl groups excluding tert-OH is 1. The number of carbonyl (C=O) groups excluding carboxylic acids is 1. The second-order valence-corrected chi connectivity index (χ2v) is 8.87. The third-order valence-corrected chi connectivity index (χ3v) is 7.61. The van der Waals surface area contributed by atoms with Crippen molar-refractivity contribution in [3.8, 4) is 0 Å². The third-order valence-electron chi connectivity index (χ3n) is 6.60.